The van der Waals surface area contributed by atoms with Gasteiger partial charge < -0.3 is 19.9 Å². The molecule has 1 amide bonds. The Hall–Kier alpha value is -5.38. The molecular weight excluding hydrogens is 644 g/mol. The fourth-order valence-corrected chi connectivity index (χ4v) is 4.34. The molecule has 0 saturated heterocycles. The van der Waals surface area contributed by atoms with Gasteiger partial charge >= 0.3 is 17.9 Å². The molecule has 0 aromatic heterocycles. The average Bonchev–Trinajstić information content (AvgIpc) is 3.07. The second kappa shape index (κ2) is 23.9. The van der Waals surface area contributed by atoms with Gasteiger partial charge in [-0.25, -0.2) is 13.6 Å². The van der Waals surface area contributed by atoms with Crippen LogP contribution in [0.2, 0.25) is 0 Å². The second-order valence-corrected chi connectivity index (χ2v) is 10.9. The first kappa shape index (κ1) is 40.8. The summed E-state index contributed by atoms with van der Waals surface area (Å²) in [4.78, 5) is 48.8. The van der Waals surface area contributed by atoms with E-state index in [-0.39, 0.29) is 28.9 Å². The number of benzene rings is 2. The number of allylic oxidation sites excluding steroid dienone is 12. The summed E-state index contributed by atoms with van der Waals surface area (Å²) < 4.78 is 38.0. The van der Waals surface area contributed by atoms with Gasteiger partial charge in [0.15, 0.2) is 6.04 Å². The van der Waals surface area contributed by atoms with Crippen molar-refractivity contribution in [2.45, 2.75) is 71.3 Å². The van der Waals surface area contributed by atoms with Crippen molar-refractivity contribution in [1.29, 1.82) is 0 Å². The molecule has 0 saturated carbocycles. The van der Waals surface area contributed by atoms with Crippen LogP contribution in [0.1, 0.15) is 75.6 Å². The number of ether oxygens (including phenoxy) is 2. The molecule has 0 heterocycles. The van der Waals surface area contributed by atoms with Gasteiger partial charge in [-0.1, -0.05) is 85.9 Å². The molecule has 1 unspecified atom stereocenters. The first-order valence-corrected chi connectivity index (χ1v) is 16.5. The van der Waals surface area contributed by atoms with Crippen molar-refractivity contribution in [1.82, 2.24) is 5.32 Å². The Morgan fingerprint density at radius 2 is 1.34 bits per heavy atom. The molecule has 0 spiro atoms. The van der Waals surface area contributed by atoms with E-state index in [2.05, 4.69) is 66.9 Å². The Labute approximate surface area is 292 Å². The van der Waals surface area contributed by atoms with Crippen molar-refractivity contribution >= 4 is 23.8 Å². The Morgan fingerprint density at radius 1 is 0.780 bits per heavy atom. The molecule has 0 aliphatic rings. The van der Waals surface area contributed by atoms with Crippen molar-refractivity contribution in [2.75, 3.05) is 6.61 Å². The molecular formula is C40H45F2NO7. The predicted octanol–water partition coefficient (Wildman–Crippen LogP) is 8.76. The van der Waals surface area contributed by atoms with E-state index in [1.165, 1.54) is 24.3 Å². The van der Waals surface area contributed by atoms with Crippen molar-refractivity contribution in [3.05, 3.63) is 127 Å². The Bertz CT molecular complexity index is 1600. The summed E-state index contributed by atoms with van der Waals surface area (Å²) in [7, 11) is 0. The predicted molar refractivity (Wildman–Crippen MR) is 190 cm³/mol. The van der Waals surface area contributed by atoms with Crippen molar-refractivity contribution < 1.29 is 42.5 Å². The number of hydrogen-bond donors (Lipinski definition) is 2. The summed E-state index contributed by atoms with van der Waals surface area (Å²) in [6.07, 6.45) is 30.7. The topological polar surface area (TPSA) is 119 Å². The number of esters is 2. The van der Waals surface area contributed by atoms with Crippen LogP contribution in [0.25, 0.3) is 11.1 Å². The van der Waals surface area contributed by atoms with Crippen LogP contribution in [0.5, 0.6) is 5.75 Å². The number of carbonyl (C=O) groups excluding carboxylic acids is 3. The zero-order valence-electron chi connectivity index (χ0n) is 28.5. The molecule has 0 aliphatic carbocycles. The number of carboxylic acid groups (broad SMARTS) is 1. The summed E-state index contributed by atoms with van der Waals surface area (Å²) >= 11 is 0. The molecule has 1 atom stereocenters. The van der Waals surface area contributed by atoms with Crippen LogP contribution in [0.15, 0.2) is 109 Å². The molecule has 2 rings (SSSR count). The van der Waals surface area contributed by atoms with Crippen LogP contribution in [-0.4, -0.2) is 41.6 Å². The lowest BCUT2D eigenvalue weighted by atomic mass is 10.0. The molecule has 2 aromatic carbocycles. The summed E-state index contributed by atoms with van der Waals surface area (Å²) in [6.45, 7) is 2.57. The van der Waals surface area contributed by atoms with Gasteiger partial charge in [0, 0.05) is 25.0 Å². The van der Waals surface area contributed by atoms with Gasteiger partial charge in [-0.2, -0.15) is 0 Å². The first-order valence-electron chi connectivity index (χ1n) is 16.5. The lowest BCUT2D eigenvalue weighted by Gasteiger charge is -2.17. The maximum atomic E-state index is 14.4. The van der Waals surface area contributed by atoms with E-state index in [0.717, 1.165) is 45.1 Å². The molecule has 50 heavy (non-hydrogen) atoms. The quantitative estimate of drug-likeness (QED) is 0.0764. The third-order valence-corrected chi connectivity index (χ3v) is 6.85. The summed E-state index contributed by atoms with van der Waals surface area (Å²) in [6, 6.07) is 5.03. The van der Waals surface area contributed by atoms with Gasteiger partial charge in [0.05, 0.1) is 5.56 Å². The minimum Gasteiger partial charge on any atom is -0.480 e. The highest BCUT2D eigenvalue weighted by atomic mass is 19.1. The fourth-order valence-electron chi connectivity index (χ4n) is 4.34. The van der Waals surface area contributed by atoms with E-state index in [1.54, 1.807) is 0 Å². The molecule has 266 valence electrons. The van der Waals surface area contributed by atoms with Gasteiger partial charge in [-0.15, -0.1) is 0 Å². The molecule has 0 radical (unpaired) electrons. The monoisotopic (exact) mass is 689 g/mol. The molecule has 0 fully saturated rings. The van der Waals surface area contributed by atoms with Crippen LogP contribution in [-0.2, 0) is 19.1 Å². The maximum absolute atomic E-state index is 14.4. The van der Waals surface area contributed by atoms with E-state index >= 15 is 0 Å². The van der Waals surface area contributed by atoms with Gasteiger partial charge in [-0.05, 0) is 74.8 Å². The van der Waals surface area contributed by atoms with E-state index in [4.69, 9.17) is 9.47 Å². The standard InChI is InChI=1S/C40H45F2NO7/c1-3-4-5-6-7-8-9-10-11-12-13-14-15-16-17-18-19-20-21-22-38(45)49-29-36(40(47)48)43-39(46)34-27-31(23-26-37(34)50-30(2)44)33-25-24-32(41)28-35(33)42/h4-5,7-8,10-11,13-14,16-17,19-20,23-28,36H,3,6,9,12,15,18,21-22,29H2,1-2H3,(H,43,46)(H,47,48)/b5-4-,8-7-,11-10-,14-13-,17-16-,20-19-. The number of aliphatic carboxylic acids is 1. The van der Waals surface area contributed by atoms with Crippen LogP contribution in [0.4, 0.5) is 8.78 Å². The number of nitrogens with one attached hydrogen (secondary N) is 1. The zero-order chi connectivity index (χ0) is 36.6. The normalized spacial score (nSPS) is 12.6. The lowest BCUT2D eigenvalue weighted by molar-refractivity contribution is -0.148. The van der Waals surface area contributed by atoms with E-state index in [1.807, 2.05) is 18.2 Å². The van der Waals surface area contributed by atoms with Gasteiger partial charge in [0.25, 0.3) is 5.91 Å². The first-order chi connectivity index (χ1) is 24.1. The SMILES string of the molecule is CC/C=C\C/C=C\C/C=C\C/C=C\C/C=C\C/C=C\CCC(=O)OCC(NC(=O)c1cc(-c2ccc(F)cc2F)ccc1OC(C)=O)C(=O)O. The summed E-state index contributed by atoms with van der Waals surface area (Å²) in [5.74, 6) is -5.76. The van der Waals surface area contributed by atoms with Crippen LogP contribution in [0.3, 0.4) is 0 Å². The molecule has 2 N–H and O–H groups in total. The van der Waals surface area contributed by atoms with Crippen LogP contribution in [0, 0.1) is 11.6 Å². The van der Waals surface area contributed by atoms with Crippen molar-refractivity contribution in [3.63, 3.8) is 0 Å². The Kier molecular flexibility index (Phi) is 19.5. The lowest BCUT2D eigenvalue weighted by Crippen LogP contribution is -2.44. The number of carbonyl (C=O) groups is 4. The summed E-state index contributed by atoms with van der Waals surface area (Å²) in [5.41, 5.74) is -0.168. The van der Waals surface area contributed by atoms with Gasteiger partial charge in [0.2, 0.25) is 0 Å². The Balaban J connectivity index is 1.78. The number of rotatable bonds is 21. The van der Waals surface area contributed by atoms with Gasteiger partial charge in [0.1, 0.15) is 24.0 Å². The summed E-state index contributed by atoms with van der Waals surface area (Å²) in [5, 5.41) is 11.9. The van der Waals surface area contributed by atoms with Crippen LogP contribution < -0.4 is 10.1 Å². The van der Waals surface area contributed by atoms with E-state index in [0.29, 0.717) is 18.9 Å². The van der Waals surface area contributed by atoms with Crippen molar-refractivity contribution in [3.8, 4) is 16.9 Å². The molecule has 2 aromatic rings. The van der Waals surface area contributed by atoms with E-state index < -0.39 is 48.1 Å². The maximum Gasteiger partial charge on any atom is 0.329 e. The van der Waals surface area contributed by atoms with Crippen LogP contribution >= 0.6 is 0 Å². The molecule has 8 nitrogen and oxygen atoms in total. The smallest absolute Gasteiger partial charge is 0.329 e. The third-order valence-electron chi connectivity index (χ3n) is 6.85. The number of carboxylic acids is 1. The number of hydrogen-bond acceptors (Lipinski definition) is 6. The number of amides is 1. The van der Waals surface area contributed by atoms with Gasteiger partial charge in [-0.3, -0.25) is 14.4 Å². The second-order valence-electron chi connectivity index (χ2n) is 10.9. The highest BCUT2D eigenvalue weighted by Crippen LogP contribution is 2.29. The van der Waals surface area contributed by atoms with E-state index in [9.17, 15) is 33.1 Å². The average molecular weight is 690 g/mol. The molecule has 0 aliphatic heterocycles. The minimum atomic E-state index is -1.63. The third kappa shape index (κ3) is 16.6. The highest BCUT2D eigenvalue weighted by molar-refractivity contribution is 6.00. The largest absolute Gasteiger partial charge is 0.480 e. The Morgan fingerprint density at radius 3 is 1.86 bits per heavy atom. The molecule has 10 heteroatoms. The fraction of sp³-hybridized carbons (Fsp3) is 0.300. The number of halogens is 2. The minimum absolute atomic E-state index is 0.00430. The zero-order valence-corrected chi connectivity index (χ0v) is 28.5. The van der Waals surface area contributed by atoms with Crippen molar-refractivity contribution in [2.24, 2.45) is 0 Å². The highest BCUT2D eigenvalue weighted by Gasteiger charge is 2.25. The molecule has 0 bridgehead atoms.